The number of carbonyl (C=O) groups is 3. The van der Waals surface area contributed by atoms with Crippen molar-refractivity contribution in [2.75, 3.05) is 0 Å². The molecule has 0 unspecified atom stereocenters. The third kappa shape index (κ3) is 7.42. The van der Waals surface area contributed by atoms with E-state index in [0.29, 0.717) is 0 Å². The smallest absolute Gasteiger partial charge is 0.394 e. The SMILES string of the molecule is CC(C)(C)C(=O)Cc1cc([N+](=O)[O-])ccc1OC(=O)Oc1ccc([N+](=O)[O-])cc1CC(=O)C(C)(C)C. The van der Waals surface area contributed by atoms with Crippen LogP contribution in [0.1, 0.15) is 52.7 Å². The molecule has 0 amide bonds. The highest BCUT2D eigenvalue weighted by molar-refractivity contribution is 5.87. The van der Waals surface area contributed by atoms with Gasteiger partial charge in [-0.1, -0.05) is 41.5 Å². The van der Waals surface area contributed by atoms with E-state index in [0.717, 1.165) is 24.3 Å². The fourth-order valence-corrected chi connectivity index (χ4v) is 2.91. The minimum absolute atomic E-state index is 0.113. The van der Waals surface area contributed by atoms with Crippen molar-refractivity contribution in [3.63, 3.8) is 0 Å². The Kier molecular flexibility index (Phi) is 8.29. The van der Waals surface area contributed by atoms with Crippen LogP contribution in [0.4, 0.5) is 16.2 Å². The summed E-state index contributed by atoms with van der Waals surface area (Å²) in [6, 6.07) is 6.90. The summed E-state index contributed by atoms with van der Waals surface area (Å²) in [6.45, 7) is 10.1. The van der Waals surface area contributed by atoms with Crippen molar-refractivity contribution in [2.24, 2.45) is 10.8 Å². The number of ether oxygens (including phenoxy) is 2. The van der Waals surface area contributed by atoms with E-state index in [1.54, 1.807) is 41.5 Å². The van der Waals surface area contributed by atoms with Crippen LogP contribution >= 0.6 is 0 Å². The molecule has 0 heterocycles. The zero-order chi connectivity index (χ0) is 27.4. The number of ketones is 2. The van der Waals surface area contributed by atoms with Gasteiger partial charge < -0.3 is 9.47 Å². The lowest BCUT2D eigenvalue weighted by Crippen LogP contribution is -2.24. The van der Waals surface area contributed by atoms with Crippen LogP contribution in [-0.2, 0) is 22.4 Å². The van der Waals surface area contributed by atoms with Gasteiger partial charge in [-0.05, 0) is 12.1 Å². The van der Waals surface area contributed by atoms with E-state index < -0.39 is 26.8 Å². The molecule has 0 aliphatic rings. The Bertz CT molecular complexity index is 1130. The number of hydrogen-bond donors (Lipinski definition) is 0. The highest BCUT2D eigenvalue weighted by Gasteiger charge is 2.27. The lowest BCUT2D eigenvalue weighted by atomic mass is 9.87. The number of Topliss-reactive ketones (excluding diaryl/α,β-unsaturated/α-hetero) is 2. The highest BCUT2D eigenvalue weighted by atomic mass is 16.7. The first-order valence-corrected chi connectivity index (χ1v) is 11.0. The van der Waals surface area contributed by atoms with E-state index in [9.17, 15) is 34.6 Å². The molecule has 0 aliphatic heterocycles. The number of nitro groups is 2. The molecule has 192 valence electrons. The van der Waals surface area contributed by atoms with Crippen LogP contribution in [0.2, 0.25) is 0 Å². The quantitative estimate of drug-likeness (QED) is 0.200. The fourth-order valence-electron chi connectivity index (χ4n) is 2.91. The van der Waals surface area contributed by atoms with E-state index in [2.05, 4.69) is 0 Å². The van der Waals surface area contributed by atoms with E-state index >= 15 is 0 Å². The number of hydrogen-bond acceptors (Lipinski definition) is 9. The molecule has 0 aromatic heterocycles. The van der Waals surface area contributed by atoms with Crippen LogP contribution in [0.15, 0.2) is 36.4 Å². The van der Waals surface area contributed by atoms with Gasteiger partial charge in [0.25, 0.3) is 11.4 Å². The zero-order valence-corrected chi connectivity index (χ0v) is 20.9. The molecule has 11 nitrogen and oxygen atoms in total. The first-order valence-electron chi connectivity index (χ1n) is 11.0. The van der Waals surface area contributed by atoms with Gasteiger partial charge in [0.15, 0.2) is 0 Å². The molecule has 0 aliphatic carbocycles. The first-order chi connectivity index (χ1) is 16.5. The van der Waals surface area contributed by atoms with Crippen LogP contribution in [0, 0.1) is 31.1 Å². The van der Waals surface area contributed by atoms with Gasteiger partial charge >= 0.3 is 6.16 Å². The second-order valence-corrected chi connectivity index (χ2v) is 10.3. The van der Waals surface area contributed by atoms with Crippen LogP contribution < -0.4 is 9.47 Å². The molecule has 2 rings (SSSR count). The second-order valence-electron chi connectivity index (χ2n) is 10.3. The maximum atomic E-state index is 12.6. The molecule has 36 heavy (non-hydrogen) atoms. The highest BCUT2D eigenvalue weighted by Crippen LogP contribution is 2.30. The van der Waals surface area contributed by atoms with Crippen molar-refractivity contribution in [1.82, 2.24) is 0 Å². The summed E-state index contributed by atoms with van der Waals surface area (Å²) >= 11 is 0. The summed E-state index contributed by atoms with van der Waals surface area (Å²) in [5.74, 6) is -0.700. The monoisotopic (exact) mass is 500 g/mol. The lowest BCUT2D eigenvalue weighted by Gasteiger charge is -2.18. The van der Waals surface area contributed by atoms with Gasteiger partial charge in [0.05, 0.1) is 9.85 Å². The predicted octanol–water partition coefficient (Wildman–Crippen LogP) is 5.40. The average molecular weight is 501 g/mol. The normalized spacial score (nSPS) is 11.5. The summed E-state index contributed by atoms with van der Waals surface area (Å²) in [6.07, 6.45) is -1.69. The Balaban J connectivity index is 2.36. The molecule has 0 radical (unpaired) electrons. The minimum atomic E-state index is -1.24. The van der Waals surface area contributed by atoms with E-state index in [4.69, 9.17) is 9.47 Å². The van der Waals surface area contributed by atoms with Gasteiger partial charge in [0.1, 0.15) is 23.1 Å². The summed E-state index contributed by atoms with van der Waals surface area (Å²) in [7, 11) is 0. The van der Waals surface area contributed by atoms with E-state index in [1.807, 2.05) is 0 Å². The molecule has 0 saturated carbocycles. The van der Waals surface area contributed by atoms with Gasteiger partial charge in [-0.25, -0.2) is 4.79 Å². The van der Waals surface area contributed by atoms with Crippen molar-refractivity contribution in [3.8, 4) is 11.5 Å². The van der Waals surface area contributed by atoms with Crippen molar-refractivity contribution < 1.29 is 33.7 Å². The van der Waals surface area contributed by atoms with E-state index in [-0.39, 0.29) is 58.4 Å². The lowest BCUT2D eigenvalue weighted by molar-refractivity contribution is -0.385. The number of nitrogens with zero attached hydrogens (tertiary/aromatic N) is 2. The molecule has 11 heteroatoms. The Hall–Kier alpha value is -4.15. The van der Waals surface area contributed by atoms with Crippen LogP contribution in [0.25, 0.3) is 0 Å². The van der Waals surface area contributed by atoms with Crippen LogP contribution in [0.3, 0.4) is 0 Å². The van der Waals surface area contributed by atoms with E-state index in [1.165, 1.54) is 12.1 Å². The summed E-state index contributed by atoms with van der Waals surface area (Å²) in [5, 5.41) is 22.4. The standard InChI is InChI=1S/C25H28N2O9/c1-24(2,3)21(28)13-15-11-17(26(31)32)7-9-19(15)35-23(30)36-20-10-8-18(27(33)34)12-16(20)14-22(29)25(4,5)6/h7-12H,13-14H2,1-6H3. The van der Waals surface area contributed by atoms with Crippen molar-refractivity contribution in [3.05, 3.63) is 67.8 Å². The summed E-state index contributed by atoms with van der Waals surface area (Å²) in [4.78, 5) is 58.8. The molecular formula is C25H28N2O9. The van der Waals surface area contributed by atoms with Crippen molar-refractivity contribution in [1.29, 1.82) is 0 Å². The Morgan fingerprint density at radius 2 is 1.03 bits per heavy atom. The maximum Gasteiger partial charge on any atom is 0.519 e. The molecule has 0 atom stereocenters. The minimum Gasteiger partial charge on any atom is -0.394 e. The van der Waals surface area contributed by atoms with Gasteiger partial charge in [-0.3, -0.25) is 29.8 Å². The molecule has 0 bridgehead atoms. The van der Waals surface area contributed by atoms with Crippen LogP contribution in [-0.4, -0.2) is 27.6 Å². The topological polar surface area (TPSA) is 156 Å². The largest absolute Gasteiger partial charge is 0.519 e. The van der Waals surface area contributed by atoms with Crippen molar-refractivity contribution in [2.45, 2.75) is 54.4 Å². The molecule has 2 aromatic rings. The molecule has 2 aromatic carbocycles. The molecule has 0 N–H and O–H groups in total. The number of nitro benzene ring substituents is 2. The van der Waals surface area contributed by atoms with Gasteiger partial charge in [-0.15, -0.1) is 0 Å². The molecule has 0 spiro atoms. The third-order valence-corrected chi connectivity index (χ3v) is 5.27. The van der Waals surface area contributed by atoms with Crippen molar-refractivity contribution >= 4 is 29.1 Å². The third-order valence-electron chi connectivity index (χ3n) is 5.27. The summed E-state index contributed by atoms with van der Waals surface area (Å²) in [5.41, 5.74) is -1.82. The Morgan fingerprint density at radius 3 is 1.31 bits per heavy atom. The van der Waals surface area contributed by atoms with Gasteiger partial charge in [0.2, 0.25) is 0 Å². The number of carbonyl (C=O) groups excluding carboxylic acids is 3. The first kappa shape index (κ1) is 28.1. The maximum absolute atomic E-state index is 12.6. The molecule has 0 saturated heterocycles. The number of rotatable bonds is 8. The molecular weight excluding hydrogens is 472 g/mol. The summed E-state index contributed by atoms with van der Waals surface area (Å²) < 4.78 is 10.5. The Labute approximate surface area is 207 Å². The Morgan fingerprint density at radius 1 is 0.694 bits per heavy atom. The predicted molar refractivity (Wildman–Crippen MR) is 129 cm³/mol. The zero-order valence-electron chi connectivity index (χ0n) is 20.9. The van der Waals surface area contributed by atoms with Gasteiger partial charge in [-0.2, -0.15) is 0 Å². The number of benzene rings is 2. The molecule has 0 fully saturated rings. The average Bonchev–Trinajstić information content (AvgIpc) is 2.74. The second kappa shape index (κ2) is 10.6. The number of non-ortho nitro benzene ring substituents is 2. The fraction of sp³-hybridized carbons (Fsp3) is 0.400. The van der Waals surface area contributed by atoms with Gasteiger partial charge in [0, 0.05) is 59.1 Å². The van der Waals surface area contributed by atoms with Crippen LogP contribution in [0.5, 0.6) is 11.5 Å².